The van der Waals surface area contributed by atoms with E-state index in [0.29, 0.717) is 31.7 Å². The lowest BCUT2D eigenvalue weighted by Crippen LogP contribution is -2.49. The summed E-state index contributed by atoms with van der Waals surface area (Å²) in [5.41, 5.74) is 2.97. The fourth-order valence-corrected chi connectivity index (χ4v) is 4.58. The first-order valence-corrected chi connectivity index (χ1v) is 12.2. The topological polar surface area (TPSA) is 61.4 Å². The van der Waals surface area contributed by atoms with Crippen LogP contribution in [-0.4, -0.2) is 42.9 Å². The minimum atomic E-state index is -0.347. The van der Waals surface area contributed by atoms with Gasteiger partial charge in [-0.25, -0.2) is 4.39 Å². The standard InChI is InChI=1S/C29H32FN3O2/c30-26-11-13-27(14-12-26)32-29(35)25-19-24(28(34)31-17-15-22-7-3-1-4-8-22)20-33(21-25)18-16-23-9-5-2-6-10-23/h1-14,24-25H,15-21H2,(H,31,34)(H,32,35)/t24-,25+/m0/s1. The lowest BCUT2D eigenvalue weighted by molar-refractivity contribution is -0.129. The van der Waals surface area contributed by atoms with Gasteiger partial charge >= 0.3 is 0 Å². The van der Waals surface area contributed by atoms with E-state index >= 15 is 0 Å². The van der Waals surface area contributed by atoms with Gasteiger partial charge in [-0.3, -0.25) is 9.59 Å². The van der Waals surface area contributed by atoms with Crippen LogP contribution in [-0.2, 0) is 22.4 Å². The number of nitrogens with zero attached hydrogens (tertiary/aromatic N) is 1. The van der Waals surface area contributed by atoms with Crippen molar-refractivity contribution in [1.29, 1.82) is 0 Å². The maximum absolute atomic E-state index is 13.2. The maximum atomic E-state index is 13.2. The van der Waals surface area contributed by atoms with E-state index in [1.54, 1.807) is 12.1 Å². The van der Waals surface area contributed by atoms with E-state index in [0.717, 1.165) is 19.4 Å². The number of likely N-dealkylation sites (tertiary alicyclic amines) is 1. The zero-order valence-electron chi connectivity index (χ0n) is 19.8. The highest BCUT2D eigenvalue weighted by molar-refractivity contribution is 5.93. The Labute approximate surface area is 206 Å². The number of nitrogens with one attached hydrogen (secondary N) is 2. The van der Waals surface area contributed by atoms with Crippen molar-refractivity contribution in [1.82, 2.24) is 10.2 Å². The Bertz CT molecular complexity index is 1090. The minimum Gasteiger partial charge on any atom is -0.355 e. The molecule has 3 aromatic carbocycles. The van der Waals surface area contributed by atoms with Crippen LogP contribution in [0.3, 0.4) is 0 Å². The van der Waals surface area contributed by atoms with E-state index < -0.39 is 0 Å². The average molecular weight is 474 g/mol. The number of hydrogen-bond acceptors (Lipinski definition) is 3. The number of benzene rings is 3. The molecule has 0 saturated carbocycles. The maximum Gasteiger partial charge on any atom is 0.228 e. The van der Waals surface area contributed by atoms with Crippen molar-refractivity contribution < 1.29 is 14.0 Å². The van der Waals surface area contributed by atoms with Gasteiger partial charge in [-0.2, -0.15) is 0 Å². The Morgan fingerprint density at radius 2 is 1.34 bits per heavy atom. The molecule has 2 amide bonds. The number of carbonyl (C=O) groups is 2. The van der Waals surface area contributed by atoms with E-state index in [-0.39, 0.29) is 29.5 Å². The number of hydrogen-bond donors (Lipinski definition) is 2. The zero-order valence-corrected chi connectivity index (χ0v) is 19.8. The van der Waals surface area contributed by atoms with Crippen LogP contribution in [0.1, 0.15) is 17.5 Å². The second-order valence-corrected chi connectivity index (χ2v) is 9.15. The molecule has 0 bridgehead atoms. The fourth-order valence-electron chi connectivity index (χ4n) is 4.58. The smallest absolute Gasteiger partial charge is 0.228 e. The average Bonchev–Trinajstić information content (AvgIpc) is 2.90. The molecule has 35 heavy (non-hydrogen) atoms. The van der Waals surface area contributed by atoms with Crippen LogP contribution in [0.4, 0.5) is 10.1 Å². The molecule has 0 unspecified atom stereocenters. The molecule has 1 saturated heterocycles. The molecule has 182 valence electrons. The highest BCUT2D eigenvalue weighted by Gasteiger charge is 2.35. The van der Waals surface area contributed by atoms with Crippen LogP contribution in [0.15, 0.2) is 84.9 Å². The molecular weight excluding hydrogens is 441 g/mol. The van der Waals surface area contributed by atoms with Crippen LogP contribution in [0.2, 0.25) is 0 Å². The predicted molar refractivity (Wildman–Crippen MR) is 136 cm³/mol. The first-order valence-electron chi connectivity index (χ1n) is 12.2. The monoisotopic (exact) mass is 473 g/mol. The molecule has 1 aliphatic rings. The molecule has 1 fully saturated rings. The molecule has 1 aliphatic heterocycles. The number of piperidine rings is 1. The van der Waals surface area contributed by atoms with Crippen LogP contribution in [0.25, 0.3) is 0 Å². The Kier molecular flexibility index (Phi) is 8.63. The van der Waals surface area contributed by atoms with Crippen molar-refractivity contribution in [2.45, 2.75) is 19.3 Å². The molecule has 0 aliphatic carbocycles. The molecule has 1 heterocycles. The summed E-state index contributed by atoms with van der Waals surface area (Å²) in [6.45, 7) is 2.56. The third-order valence-electron chi connectivity index (χ3n) is 6.49. The summed E-state index contributed by atoms with van der Waals surface area (Å²) in [7, 11) is 0. The SMILES string of the molecule is O=C(NCCc1ccccc1)[C@H]1C[C@@H](C(=O)Nc2ccc(F)cc2)CN(CCc2ccccc2)C1. The van der Waals surface area contributed by atoms with Crippen molar-refractivity contribution in [3.05, 3.63) is 102 Å². The summed E-state index contributed by atoms with van der Waals surface area (Å²) >= 11 is 0. The zero-order chi connectivity index (χ0) is 24.5. The Balaban J connectivity index is 1.38. The normalized spacial score (nSPS) is 18.1. The molecule has 4 rings (SSSR count). The predicted octanol–water partition coefficient (Wildman–Crippen LogP) is 4.30. The number of carbonyl (C=O) groups excluding carboxylic acids is 2. The van der Waals surface area contributed by atoms with E-state index in [1.165, 1.54) is 23.3 Å². The summed E-state index contributed by atoms with van der Waals surface area (Å²) in [6.07, 6.45) is 2.12. The van der Waals surface area contributed by atoms with Crippen molar-refractivity contribution in [3.63, 3.8) is 0 Å². The molecule has 0 radical (unpaired) electrons. The van der Waals surface area contributed by atoms with Crippen LogP contribution >= 0.6 is 0 Å². The van der Waals surface area contributed by atoms with Crippen molar-refractivity contribution in [2.75, 3.05) is 31.5 Å². The van der Waals surface area contributed by atoms with Gasteiger partial charge in [0.05, 0.1) is 11.8 Å². The first-order chi connectivity index (χ1) is 17.1. The van der Waals surface area contributed by atoms with Crippen LogP contribution in [0, 0.1) is 17.7 Å². The fraction of sp³-hybridized carbons (Fsp3) is 0.310. The summed E-state index contributed by atoms with van der Waals surface area (Å²) in [5.74, 6) is -1.08. The molecule has 3 aromatic rings. The molecule has 0 spiro atoms. The number of anilines is 1. The van der Waals surface area contributed by atoms with Crippen molar-refractivity contribution in [3.8, 4) is 0 Å². The van der Waals surface area contributed by atoms with Gasteiger partial charge in [0.25, 0.3) is 0 Å². The van der Waals surface area contributed by atoms with E-state index in [4.69, 9.17) is 0 Å². The molecule has 2 N–H and O–H groups in total. The van der Waals surface area contributed by atoms with Gasteiger partial charge in [-0.05, 0) is 54.7 Å². The summed E-state index contributed by atoms with van der Waals surface area (Å²) in [5, 5.41) is 5.97. The first kappa shape index (κ1) is 24.6. The van der Waals surface area contributed by atoms with Gasteiger partial charge in [-0.1, -0.05) is 60.7 Å². The lowest BCUT2D eigenvalue weighted by Gasteiger charge is -2.36. The lowest BCUT2D eigenvalue weighted by atomic mass is 9.87. The highest BCUT2D eigenvalue weighted by atomic mass is 19.1. The minimum absolute atomic E-state index is 0.00933. The van der Waals surface area contributed by atoms with E-state index in [9.17, 15) is 14.0 Å². The molecular formula is C29H32FN3O2. The van der Waals surface area contributed by atoms with Crippen LogP contribution in [0.5, 0.6) is 0 Å². The third kappa shape index (κ3) is 7.49. The molecule has 0 aromatic heterocycles. The second kappa shape index (κ2) is 12.3. The quantitative estimate of drug-likeness (QED) is 0.487. The number of halogens is 1. The van der Waals surface area contributed by atoms with E-state index in [2.05, 4.69) is 27.7 Å². The number of amides is 2. The third-order valence-corrected chi connectivity index (χ3v) is 6.49. The Morgan fingerprint density at radius 1 is 0.771 bits per heavy atom. The number of rotatable bonds is 9. The van der Waals surface area contributed by atoms with Gasteiger partial charge in [0.15, 0.2) is 0 Å². The largest absolute Gasteiger partial charge is 0.355 e. The van der Waals surface area contributed by atoms with E-state index in [1.807, 2.05) is 48.5 Å². The van der Waals surface area contributed by atoms with Gasteiger partial charge in [0, 0.05) is 31.9 Å². The summed E-state index contributed by atoms with van der Waals surface area (Å²) < 4.78 is 13.2. The molecule has 2 atom stereocenters. The Hall–Kier alpha value is -3.51. The van der Waals surface area contributed by atoms with Gasteiger partial charge in [0.1, 0.15) is 5.82 Å². The van der Waals surface area contributed by atoms with Gasteiger partial charge < -0.3 is 15.5 Å². The summed E-state index contributed by atoms with van der Waals surface area (Å²) in [6, 6.07) is 26.0. The Morgan fingerprint density at radius 3 is 1.97 bits per heavy atom. The second-order valence-electron chi connectivity index (χ2n) is 9.15. The molecule has 5 nitrogen and oxygen atoms in total. The van der Waals surface area contributed by atoms with Crippen LogP contribution < -0.4 is 10.6 Å². The molecule has 6 heteroatoms. The highest BCUT2D eigenvalue weighted by Crippen LogP contribution is 2.24. The van der Waals surface area contributed by atoms with Crippen molar-refractivity contribution >= 4 is 17.5 Å². The van der Waals surface area contributed by atoms with Gasteiger partial charge in [0.2, 0.25) is 11.8 Å². The summed E-state index contributed by atoms with van der Waals surface area (Å²) in [4.78, 5) is 28.4. The van der Waals surface area contributed by atoms with Gasteiger partial charge in [-0.15, -0.1) is 0 Å². The van der Waals surface area contributed by atoms with Crippen molar-refractivity contribution in [2.24, 2.45) is 11.8 Å².